The van der Waals surface area contributed by atoms with Gasteiger partial charge in [-0.1, -0.05) is 13.0 Å². The minimum Gasteiger partial charge on any atom is -0.354 e. The van der Waals surface area contributed by atoms with Crippen molar-refractivity contribution in [3.63, 3.8) is 0 Å². The minimum absolute atomic E-state index is 0.0303. The van der Waals surface area contributed by atoms with E-state index in [1.54, 1.807) is 12.1 Å². The highest BCUT2D eigenvalue weighted by atomic mass is 19.1. The van der Waals surface area contributed by atoms with Crippen LogP contribution in [0.25, 0.3) is 6.08 Å². The van der Waals surface area contributed by atoms with Gasteiger partial charge in [0.2, 0.25) is 0 Å². The number of halogens is 1. The van der Waals surface area contributed by atoms with E-state index in [0.717, 1.165) is 37.2 Å². The first-order valence-corrected chi connectivity index (χ1v) is 7.18. The summed E-state index contributed by atoms with van der Waals surface area (Å²) in [5.41, 5.74) is 2.26. The first-order valence-electron chi connectivity index (χ1n) is 7.18. The molecule has 1 aromatic heterocycles. The molecular weight excluding hydrogens is 255 g/mol. The summed E-state index contributed by atoms with van der Waals surface area (Å²) in [5.74, 6) is 0.456. The Kier molecular flexibility index (Phi) is 3.47. The van der Waals surface area contributed by atoms with Gasteiger partial charge >= 0.3 is 0 Å². The maximum Gasteiger partial charge on any atom is 0.270 e. The maximum atomic E-state index is 13.4. The predicted octanol–water partition coefficient (Wildman–Crippen LogP) is 3.31. The van der Waals surface area contributed by atoms with Crippen molar-refractivity contribution in [3.8, 4) is 0 Å². The van der Waals surface area contributed by atoms with Gasteiger partial charge in [-0.3, -0.25) is 4.79 Å². The molecule has 4 heteroatoms. The van der Waals surface area contributed by atoms with E-state index in [-0.39, 0.29) is 11.7 Å². The highest BCUT2D eigenvalue weighted by Crippen LogP contribution is 2.23. The van der Waals surface area contributed by atoms with Gasteiger partial charge < -0.3 is 9.88 Å². The molecule has 0 bridgehead atoms. The van der Waals surface area contributed by atoms with Crippen molar-refractivity contribution in [2.24, 2.45) is 5.92 Å². The number of allylic oxidation sites excluding steroid dienone is 3. The number of aromatic nitrogens is 1. The van der Waals surface area contributed by atoms with Gasteiger partial charge in [0.15, 0.2) is 0 Å². The molecule has 106 valence electrons. The Morgan fingerprint density at radius 3 is 2.90 bits per heavy atom. The SMILES string of the molecule is CC1CCN(C(=O)c2cc3c([nH]2)CC=CC(F)=C3)CC1. The summed E-state index contributed by atoms with van der Waals surface area (Å²) in [6, 6.07) is 1.77. The van der Waals surface area contributed by atoms with Gasteiger partial charge in [-0.05, 0) is 42.5 Å². The molecule has 0 spiro atoms. The van der Waals surface area contributed by atoms with Crippen LogP contribution in [0.2, 0.25) is 0 Å². The van der Waals surface area contributed by atoms with Crippen LogP contribution in [0.1, 0.15) is 41.5 Å². The lowest BCUT2D eigenvalue weighted by atomic mass is 9.99. The number of nitrogens with one attached hydrogen (secondary N) is 1. The number of hydrogen-bond acceptors (Lipinski definition) is 1. The molecule has 0 atom stereocenters. The van der Waals surface area contributed by atoms with Crippen molar-refractivity contribution in [3.05, 3.63) is 41.0 Å². The number of H-pyrrole nitrogens is 1. The normalized spacial score (nSPS) is 19.5. The highest BCUT2D eigenvalue weighted by molar-refractivity contribution is 5.93. The molecule has 2 heterocycles. The van der Waals surface area contributed by atoms with E-state index in [0.29, 0.717) is 18.0 Å². The average Bonchev–Trinajstić information content (AvgIpc) is 2.74. The zero-order chi connectivity index (χ0) is 14.1. The Hall–Kier alpha value is -1.84. The third-order valence-corrected chi connectivity index (χ3v) is 4.13. The third kappa shape index (κ3) is 2.55. The zero-order valence-electron chi connectivity index (χ0n) is 11.7. The van der Waals surface area contributed by atoms with Crippen LogP contribution >= 0.6 is 0 Å². The van der Waals surface area contributed by atoms with Gasteiger partial charge in [0.25, 0.3) is 5.91 Å². The molecule has 1 aliphatic carbocycles. The van der Waals surface area contributed by atoms with Crippen LogP contribution in [-0.2, 0) is 6.42 Å². The van der Waals surface area contributed by atoms with E-state index in [4.69, 9.17) is 0 Å². The molecule has 1 aromatic rings. The molecule has 0 unspecified atom stereocenters. The molecule has 1 amide bonds. The molecule has 20 heavy (non-hydrogen) atoms. The molecule has 1 N–H and O–H groups in total. The summed E-state index contributed by atoms with van der Waals surface area (Å²) < 4.78 is 13.4. The molecule has 3 nitrogen and oxygen atoms in total. The molecule has 0 saturated carbocycles. The van der Waals surface area contributed by atoms with Crippen molar-refractivity contribution in [2.75, 3.05) is 13.1 Å². The Bertz CT molecular complexity index is 577. The van der Waals surface area contributed by atoms with Crippen LogP contribution in [0.5, 0.6) is 0 Å². The van der Waals surface area contributed by atoms with Crippen LogP contribution in [0.15, 0.2) is 24.0 Å². The number of likely N-dealkylation sites (tertiary alicyclic amines) is 1. The topological polar surface area (TPSA) is 36.1 Å². The second-order valence-corrected chi connectivity index (χ2v) is 5.73. The maximum absolute atomic E-state index is 13.4. The minimum atomic E-state index is -0.270. The van der Waals surface area contributed by atoms with Gasteiger partial charge in [-0.2, -0.15) is 0 Å². The quantitative estimate of drug-likeness (QED) is 0.838. The Morgan fingerprint density at radius 1 is 1.40 bits per heavy atom. The smallest absolute Gasteiger partial charge is 0.270 e. The first kappa shape index (κ1) is 13.2. The van der Waals surface area contributed by atoms with Crippen molar-refractivity contribution in [1.29, 1.82) is 0 Å². The van der Waals surface area contributed by atoms with Crippen LogP contribution in [0, 0.1) is 5.92 Å². The molecule has 1 fully saturated rings. The fourth-order valence-corrected chi connectivity index (χ4v) is 2.79. The number of aromatic amines is 1. The van der Waals surface area contributed by atoms with Crippen LogP contribution in [-0.4, -0.2) is 28.9 Å². The van der Waals surface area contributed by atoms with Gasteiger partial charge in [-0.15, -0.1) is 0 Å². The summed E-state index contributed by atoms with van der Waals surface area (Å²) >= 11 is 0. The Labute approximate surface area is 118 Å². The number of carbonyl (C=O) groups is 1. The molecule has 2 aliphatic rings. The second-order valence-electron chi connectivity index (χ2n) is 5.73. The summed E-state index contributed by atoms with van der Waals surface area (Å²) in [7, 11) is 0. The second kappa shape index (κ2) is 5.27. The number of nitrogens with zero attached hydrogens (tertiary/aromatic N) is 1. The Balaban J connectivity index is 1.80. The van der Waals surface area contributed by atoms with Gasteiger partial charge in [0.05, 0.1) is 0 Å². The molecule has 0 aromatic carbocycles. The monoisotopic (exact) mass is 274 g/mol. The summed E-state index contributed by atoms with van der Waals surface area (Å²) in [4.78, 5) is 17.5. The number of hydrogen-bond donors (Lipinski definition) is 1. The lowest BCUT2D eigenvalue weighted by Gasteiger charge is -2.29. The van der Waals surface area contributed by atoms with Crippen molar-refractivity contribution in [1.82, 2.24) is 9.88 Å². The zero-order valence-corrected chi connectivity index (χ0v) is 11.7. The highest BCUT2D eigenvalue weighted by Gasteiger charge is 2.23. The molecule has 1 saturated heterocycles. The van der Waals surface area contributed by atoms with E-state index in [9.17, 15) is 9.18 Å². The summed E-state index contributed by atoms with van der Waals surface area (Å²) in [6.45, 7) is 3.85. The van der Waals surface area contributed by atoms with Gasteiger partial charge in [0.1, 0.15) is 11.5 Å². The molecule has 3 rings (SSSR count). The largest absolute Gasteiger partial charge is 0.354 e. The molecule has 1 aliphatic heterocycles. The lowest BCUT2D eigenvalue weighted by molar-refractivity contribution is 0.0692. The van der Waals surface area contributed by atoms with E-state index in [1.807, 2.05) is 4.90 Å². The number of piperidine rings is 1. The molecular formula is C16H19FN2O. The van der Waals surface area contributed by atoms with E-state index < -0.39 is 0 Å². The van der Waals surface area contributed by atoms with Crippen molar-refractivity contribution in [2.45, 2.75) is 26.2 Å². The van der Waals surface area contributed by atoms with Crippen molar-refractivity contribution >= 4 is 12.0 Å². The predicted molar refractivity (Wildman–Crippen MR) is 77.0 cm³/mol. The van der Waals surface area contributed by atoms with Crippen molar-refractivity contribution < 1.29 is 9.18 Å². The van der Waals surface area contributed by atoms with Crippen LogP contribution < -0.4 is 0 Å². The van der Waals surface area contributed by atoms with Gasteiger partial charge in [-0.25, -0.2) is 4.39 Å². The van der Waals surface area contributed by atoms with E-state index >= 15 is 0 Å². The average molecular weight is 274 g/mol. The summed E-state index contributed by atoms with van der Waals surface area (Å²) in [5, 5.41) is 0. The van der Waals surface area contributed by atoms with Crippen LogP contribution in [0.3, 0.4) is 0 Å². The third-order valence-electron chi connectivity index (χ3n) is 4.13. The number of fused-ring (bicyclic) bond motifs is 1. The number of rotatable bonds is 1. The van der Waals surface area contributed by atoms with Gasteiger partial charge in [0, 0.05) is 25.2 Å². The van der Waals surface area contributed by atoms with Crippen LogP contribution in [0.4, 0.5) is 4.39 Å². The lowest BCUT2D eigenvalue weighted by Crippen LogP contribution is -2.38. The first-order chi connectivity index (χ1) is 9.63. The number of amides is 1. The van der Waals surface area contributed by atoms with E-state index in [1.165, 1.54) is 12.2 Å². The standard InChI is InChI=1S/C16H19FN2O/c1-11-5-7-19(8-6-11)16(20)15-10-12-9-13(17)3-2-4-14(12)18-15/h2-3,9-11,18H,4-8H2,1H3. The fraction of sp³-hybridized carbons (Fsp3) is 0.438. The molecule has 0 radical (unpaired) electrons. The number of carbonyl (C=O) groups excluding carboxylic acids is 1. The van der Waals surface area contributed by atoms with E-state index in [2.05, 4.69) is 11.9 Å². The Morgan fingerprint density at radius 2 is 2.15 bits per heavy atom. The summed E-state index contributed by atoms with van der Waals surface area (Å²) in [6.07, 6.45) is 7.45. The fourth-order valence-electron chi connectivity index (χ4n) is 2.79.